The van der Waals surface area contributed by atoms with Crippen LogP contribution in [-0.2, 0) is 27.5 Å². The molecule has 0 radical (unpaired) electrons. The van der Waals surface area contributed by atoms with E-state index in [1.54, 1.807) is 71.1 Å². The van der Waals surface area contributed by atoms with Gasteiger partial charge in [-0.15, -0.1) is 11.3 Å². The third-order valence-electron chi connectivity index (χ3n) is 13.2. The molecule has 3 aliphatic rings. The summed E-state index contributed by atoms with van der Waals surface area (Å²) in [5.74, 6) is 0.567. The van der Waals surface area contributed by atoms with Crippen molar-refractivity contribution in [3.63, 3.8) is 0 Å². The number of fused-ring (bicyclic) bond motifs is 2. The van der Waals surface area contributed by atoms with Crippen molar-refractivity contribution in [3.05, 3.63) is 71.3 Å². The number of hydrogen-bond acceptors (Lipinski definition) is 12. The lowest BCUT2D eigenvalue weighted by molar-refractivity contribution is -0.140. The molecule has 0 spiro atoms. The van der Waals surface area contributed by atoms with Crippen molar-refractivity contribution in [1.82, 2.24) is 44.9 Å². The first-order valence-corrected chi connectivity index (χ1v) is 23.7. The van der Waals surface area contributed by atoms with Gasteiger partial charge in [0.1, 0.15) is 42.6 Å². The van der Waals surface area contributed by atoms with E-state index in [-0.39, 0.29) is 80.2 Å². The monoisotopic (exact) mass is 913 g/mol. The van der Waals surface area contributed by atoms with E-state index in [9.17, 15) is 23.6 Å². The molecule has 1 aliphatic carbocycles. The summed E-state index contributed by atoms with van der Waals surface area (Å²) < 4.78 is 35.0. The van der Waals surface area contributed by atoms with Crippen molar-refractivity contribution >= 4 is 56.1 Å². The molecule has 16 nitrogen and oxygen atoms in total. The Morgan fingerprint density at radius 2 is 1.82 bits per heavy atom. The largest absolute Gasteiger partial charge is 0.489 e. The van der Waals surface area contributed by atoms with Crippen LogP contribution in [0.5, 0.6) is 11.6 Å². The number of likely N-dealkylation sites (N-methyl/N-ethyl adjacent to an activating group) is 2. The molecule has 4 amide bonds. The number of pyridine rings is 1. The van der Waals surface area contributed by atoms with Crippen molar-refractivity contribution in [2.45, 2.75) is 96.1 Å². The van der Waals surface area contributed by atoms with Crippen molar-refractivity contribution in [3.8, 4) is 11.6 Å². The number of halogens is 1. The second kappa shape index (κ2) is 20.7. The van der Waals surface area contributed by atoms with Crippen LogP contribution >= 0.6 is 11.3 Å². The van der Waals surface area contributed by atoms with Gasteiger partial charge in [0.25, 0.3) is 11.8 Å². The lowest BCUT2D eigenvalue weighted by Crippen LogP contribution is -2.61. The van der Waals surface area contributed by atoms with Crippen LogP contribution < -0.4 is 20.1 Å². The summed E-state index contributed by atoms with van der Waals surface area (Å²) in [6.45, 7) is 7.02. The maximum absolute atomic E-state index is 14.5. The van der Waals surface area contributed by atoms with Crippen LogP contribution in [0.3, 0.4) is 0 Å². The Morgan fingerprint density at radius 1 is 1.02 bits per heavy atom. The predicted octanol–water partition coefficient (Wildman–Crippen LogP) is 5.30. The number of carbonyl (C=O) groups excluding carboxylic acids is 4. The van der Waals surface area contributed by atoms with Crippen LogP contribution in [0.4, 0.5) is 4.39 Å². The van der Waals surface area contributed by atoms with Crippen LogP contribution in [0.1, 0.15) is 75.0 Å². The van der Waals surface area contributed by atoms with Gasteiger partial charge < -0.3 is 43.9 Å². The predicted molar refractivity (Wildman–Crippen MR) is 244 cm³/mol. The number of piperazine rings is 1. The number of aromatic nitrogens is 3. The average molecular weight is 914 g/mol. The number of benzene rings is 1. The standard InChI is InChI=1S/C47H60FN9O7S/c1-30-27-55(47(61)43(32-8-6-5-7-9-32)51-45(59)31(2)49-3)19-20-56(30)46(60)39-25-33-24-34(48)10-11-38(33)57(39)29-42(58)53(4)21-22-62-41-26-36(64-52-41)28-54-17-13-35(14-18-54)63-40-12-16-50-37-15-23-65-44(37)40/h10-12,15-16,23-26,30-32,35,43,49H,5-9,13-14,17-22,27-29H2,1-4H3,(H,51,59)/t30-,31-,43-/m0/s1. The minimum atomic E-state index is -0.635. The fourth-order valence-corrected chi connectivity index (χ4v) is 10.1. The smallest absolute Gasteiger partial charge is 0.270 e. The molecule has 2 saturated heterocycles. The minimum absolute atomic E-state index is 0.0516. The van der Waals surface area contributed by atoms with Crippen LogP contribution in [0.25, 0.3) is 21.1 Å². The lowest BCUT2D eigenvalue weighted by Gasteiger charge is -2.42. The second-order valence-electron chi connectivity index (χ2n) is 17.7. The Labute approximate surface area is 382 Å². The van der Waals surface area contributed by atoms with E-state index < -0.39 is 17.9 Å². The number of thiophene rings is 1. The molecule has 6 heterocycles. The zero-order chi connectivity index (χ0) is 45.6. The molecule has 348 valence electrons. The van der Waals surface area contributed by atoms with Crippen LogP contribution in [0.15, 0.2) is 58.6 Å². The summed E-state index contributed by atoms with van der Waals surface area (Å²) in [4.78, 5) is 66.9. The van der Waals surface area contributed by atoms with E-state index in [0.29, 0.717) is 35.6 Å². The number of amides is 4. The number of likely N-dealkylation sites (tertiary alicyclic amines) is 1. The number of carbonyl (C=O) groups is 4. The molecular formula is C47H60FN9O7S. The number of rotatable bonds is 16. The average Bonchev–Trinajstić information content (AvgIpc) is 4.07. The summed E-state index contributed by atoms with van der Waals surface area (Å²) in [6.07, 6.45) is 8.59. The quantitative estimate of drug-likeness (QED) is 0.132. The van der Waals surface area contributed by atoms with Gasteiger partial charge in [-0.25, -0.2) is 4.39 Å². The maximum Gasteiger partial charge on any atom is 0.270 e. The van der Waals surface area contributed by atoms with Gasteiger partial charge in [-0.2, -0.15) is 0 Å². The van der Waals surface area contributed by atoms with E-state index in [0.717, 1.165) is 74.0 Å². The Kier molecular flexibility index (Phi) is 14.6. The molecular weight excluding hydrogens is 854 g/mol. The molecule has 2 aliphatic heterocycles. The first-order valence-electron chi connectivity index (χ1n) is 22.9. The summed E-state index contributed by atoms with van der Waals surface area (Å²) in [5.41, 5.74) is 1.76. The zero-order valence-corrected chi connectivity index (χ0v) is 38.5. The van der Waals surface area contributed by atoms with E-state index in [2.05, 4.69) is 25.7 Å². The van der Waals surface area contributed by atoms with Crippen LogP contribution in [-0.4, -0.2) is 142 Å². The van der Waals surface area contributed by atoms with Gasteiger partial charge in [0.15, 0.2) is 5.76 Å². The molecule has 65 heavy (non-hydrogen) atoms. The molecule has 0 unspecified atom stereocenters. The third-order valence-corrected chi connectivity index (χ3v) is 14.2. The molecule has 18 heteroatoms. The summed E-state index contributed by atoms with van der Waals surface area (Å²) in [5, 5.41) is 12.6. The fraction of sp³-hybridized carbons (Fsp3) is 0.532. The van der Waals surface area contributed by atoms with Gasteiger partial charge >= 0.3 is 0 Å². The van der Waals surface area contributed by atoms with Crippen LogP contribution in [0, 0.1) is 11.7 Å². The molecule has 1 aromatic carbocycles. The van der Waals surface area contributed by atoms with Crippen molar-refractivity contribution in [1.29, 1.82) is 0 Å². The molecule has 2 N–H and O–H groups in total. The number of ether oxygens (including phenoxy) is 2. The molecule has 8 rings (SSSR count). The second-order valence-corrected chi connectivity index (χ2v) is 18.6. The van der Waals surface area contributed by atoms with Crippen LogP contribution in [0.2, 0.25) is 0 Å². The number of nitrogens with one attached hydrogen (secondary N) is 2. The van der Waals surface area contributed by atoms with E-state index in [4.69, 9.17) is 14.0 Å². The lowest BCUT2D eigenvalue weighted by atomic mass is 9.83. The summed E-state index contributed by atoms with van der Waals surface area (Å²) in [6, 6.07) is 10.1. The van der Waals surface area contributed by atoms with Gasteiger partial charge in [0, 0.05) is 69.0 Å². The highest BCUT2D eigenvalue weighted by atomic mass is 32.1. The fourth-order valence-electron chi connectivity index (χ4n) is 9.28. The van der Waals surface area contributed by atoms with E-state index in [1.165, 1.54) is 17.0 Å². The molecule has 3 fully saturated rings. The normalized spacial score (nSPS) is 18.8. The van der Waals surface area contributed by atoms with Crippen molar-refractivity contribution in [2.24, 2.45) is 5.92 Å². The number of piperidine rings is 1. The maximum atomic E-state index is 14.5. The molecule has 5 aromatic rings. The SMILES string of the molecule is CN[C@@H](C)C(=O)N[C@H](C(=O)N1CCN(C(=O)c2cc3cc(F)ccc3n2CC(=O)N(C)CCOc2cc(CN3CCC(Oc4ccnc5ccsc45)CC3)on2)[C@@H](C)C1)C1CCCCC1. The van der Waals surface area contributed by atoms with Crippen molar-refractivity contribution < 1.29 is 37.6 Å². The van der Waals surface area contributed by atoms with Crippen molar-refractivity contribution in [2.75, 3.05) is 60.0 Å². The first-order chi connectivity index (χ1) is 31.4. The van der Waals surface area contributed by atoms with Gasteiger partial charge in [-0.3, -0.25) is 29.1 Å². The first kappa shape index (κ1) is 46.0. The minimum Gasteiger partial charge on any atom is -0.489 e. The molecule has 3 atom stereocenters. The van der Waals surface area contributed by atoms with Gasteiger partial charge in [0.2, 0.25) is 17.7 Å². The molecule has 0 bridgehead atoms. The van der Waals surface area contributed by atoms with E-state index in [1.807, 2.05) is 24.4 Å². The number of nitrogens with zero attached hydrogens (tertiary/aromatic N) is 7. The van der Waals surface area contributed by atoms with Gasteiger partial charge in [0.05, 0.1) is 29.3 Å². The Morgan fingerprint density at radius 3 is 2.58 bits per heavy atom. The highest BCUT2D eigenvalue weighted by Crippen LogP contribution is 2.32. The Hall–Kier alpha value is -5.59. The number of hydrogen-bond donors (Lipinski definition) is 2. The zero-order valence-electron chi connectivity index (χ0n) is 37.7. The van der Waals surface area contributed by atoms with Gasteiger partial charge in [-0.1, -0.05) is 19.3 Å². The third kappa shape index (κ3) is 10.8. The highest BCUT2D eigenvalue weighted by molar-refractivity contribution is 7.17. The summed E-state index contributed by atoms with van der Waals surface area (Å²) in [7, 11) is 3.38. The Balaban J connectivity index is 0.838. The molecule has 4 aromatic heterocycles. The topological polar surface area (TPSA) is 168 Å². The van der Waals surface area contributed by atoms with E-state index >= 15 is 0 Å². The van der Waals surface area contributed by atoms with Gasteiger partial charge in [-0.05, 0) is 99.4 Å². The summed E-state index contributed by atoms with van der Waals surface area (Å²) >= 11 is 1.64. The Bertz CT molecular complexity index is 2460. The molecule has 1 saturated carbocycles. The highest BCUT2D eigenvalue weighted by Gasteiger charge is 2.39.